The molecule has 1 amide bonds. The number of hydrogen-bond donors (Lipinski definition) is 1. The Kier molecular flexibility index (Phi) is 4.17. The minimum atomic E-state index is -0.515. The summed E-state index contributed by atoms with van der Waals surface area (Å²) in [5, 5.41) is 0. The second-order valence-electron chi connectivity index (χ2n) is 7.24. The lowest BCUT2D eigenvalue weighted by Crippen LogP contribution is -2.53. The molecule has 0 saturated carbocycles. The Morgan fingerprint density at radius 3 is 2.68 bits per heavy atom. The second kappa shape index (κ2) is 6.48. The molecule has 2 N–H and O–H groups in total. The van der Waals surface area contributed by atoms with Crippen molar-refractivity contribution in [2.45, 2.75) is 31.3 Å². The molecule has 3 atom stereocenters. The van der Waals surface area contributed by atoms with Crippen LogP contribution in [-0.2, 0) is 17.8 Å². The van der Waals surface area contributed by atoms with E-state index in [1.165, 1.54) is 0 Å². The summed E-state index contributed by atoms with van der Waals surface area (Å²) >= 11 is 0. The van der Waals surface area contributed by atoms with E-state index >= 15 is 0 Å². The number of amides is 1. The number of nitrogens with two attached hydrogens (primary N) is 1. The second-order valence-corrected chi connectivity index (χ2v) is 7.24. The Hall–Kier alpha value is -2.40. The SMILES string of the molecule is N[C@@H](Cc1ccccc1)C(=O)N1C[C@@H]2C[C@H](C1)c1cccc(=O)n1C2. The fourth-order valence-corrected chi connectivity index (χ4v) is 4.27. The predicted molar refractivity (Wildman–Crippen MR) is 96.3 cm³/mol. The highest BCUT2D eigenvalue weighted by Gasteiger charge is 2.37. The molecule has 0 spiro atoms. The van der Waals surface area contributed by atoms with Crippen LogP contribution in [0, 0.1) is 5.92 Å². The minimum absolute atomic E-state index is 0.0188. The summed E-state index contributed by atoms with van der Waals surface area (Å²) in [5.74, 6) is 0.582. The van der Waals surface area contributed by atoms with Crippen molar-refractivity contribution in [3.8, 4) is 0 Å². The first-order valence-corrected chi connectivity index (χ1v) is 8.90. The smallest absolute Gasteiger partial charge is 0.250 e. The highest BCUT2D eigenvalue weighted by Crippen LogP contribution is 2.35. The van der Waals surface area contributed by atoms with Gasteiger partial charge in [-0.2, -0.15) is 0 Å². The van der Waals surface area contributed by atoms with Gasteiger partial charge in [0.15, 0.2) is 0 Å². The summed E-state index contributed by atoms with van der Waals surface area (Å²) in [7, 11) is 0. The van der Waals surface area contributed by atoms with Crippen molar-refractivity contribution in [1.82, 2.24) is 9.47 Å². The lowest BCUT2D eigenvalue weighted by atomic mass is 9.83. The first kappa shape index (κ1) is 16.1. The van der Waals surface area contributed by atoms with Crippen LogP contribution >= 0.6 is 0 Å². The van der Waals surface area contributed by atoms with Crippen LogP contribution in [0.15, 0.2) is 53.3 Å². The van der Waals surface area contributed by atoms with E-state index in [9.17, 15) is 9.59 Å². The molecule has 130 valence electrons. The Balaban J connectivity index is 1.50. The Morgan fingerprint density at radius 1 is 1.08 bits per heavy atom. The quantitative estimate of drug-likeness (QED) is 0.920. The third kappa shape index (κ3) is 3.12. The Morgan fingerprint density at radius 2 is 1.88 bits per heavy atom. The molecule has 1 fully saturated rings. The summed E-state index contributed by atoms with van der Waals surface area (Å²) in [6.45, 7) is 2.04. The molecule has 5 nitrogen and oxygen atoms in total. The molecule has 2 aliphatic rings. The number of benzene rings is 1. The average Bonchev–Trinajstić information content (AvgIpc) is 2.63. The molecule has 4 rings (SSSR count). The molecule has 25 heavy (non-hydrogen) atoms. The van der Waals surface area contributed by atoms with E-state index in [1.807, 2.05) is 51.9 Å². The monoisotopic (exact) mass is 337 g/mol. The molecule has 2 bridgehead atoms. The number of nitrogens with zero attached hydrogens (tertiary/aromatic N) is 2. The first-order valence-electron chi connectivity index (χ1n) is 8.90. The number of hydrogen-bond acceptors (Lipinski definition) is 3. The topological polar surface area (TPSA) is 68.3 Å². The molecule has 3 heterocycles. The van der Waals surface area contributed by atoms with Crippen LogP contribution in [0.1, 0.15) is 23.6 Å². The maximum absolute atomic E-state index is 12.8. The van der Waals surface area contributed by atoms with E-state index < -0.39 is 6.04 Å². The van der Waals surface area contributed by atoms with Gasteiger partial charge < -0.3 is 15.2 Å². The van der Waals surface area contributed by atoms with Crippen LogP contribution in [0.25, 0.3) is 0 Å². The summed E-state index contributed by atoms with van der Waals surface area (Å²) in [4.78, 5) is 26.8. The van der Waals surface area contributed by atoms with Crippen molar-refractivity contribution in [3.05, 3.63) is 70.1 Å². The van der Waals surface area contributed by atoms with Gasteiger partial charge in [-0.3, -0.25) is 9.59 Å². The standard InChI is InChI=1S/C20H23N3O2/c21-17(10-14-5-2-1-3-6-14)20(25)22-11-15-9-16(13-22)18-7-4-8-19(24)23(18)12-15/h1-8,15-17H,9-13,21H2/t15-,16+,17-/m0/s1. The third-order valence-corrected chi connectivity index (χ3v) is 5.41. The van der Waals surface area contributed by atoms with Gasteiger partial charge in [0.25, 0.3) is 5.56 Å². The number of rotatable bonds is 3. The van der Waals surface area contributed by atoms with Crippen LogP contribution < -0.4 is 11.3 Å². The molecule has 2 aliphatic heterocycles. The van der Waals surface area contributed by atoms with E-state index in [0.29, 0.717) is 32.0 Å². The molecular formula is C20H23N3O2. The van der Waals surface area contributed by atoms with Crippen molar-refractivity contribution in [3.63, 3.8) is 0 Å². The number of carbonyl (C=O) groups excluding carboxylic acids is 1. The van der Waals surface area contributed by atoms with Gasteiger partial charge in [0.2, 0.25) is 5.91 Å². The van der Waals surface area contributed by atoms with Gasteiger partial charge in [0.05, 0.1) is 6.04 Å². The molecule has 1 aromatic heterocycles. The fourth-order valence-electron chi connectivity index (χ4n) is 4.27. The van der Waals surface area contributed by atoms with Crippen LogP contribution in [0.4, 0.5) is 0 Å². The van der Waals surface area contributed by atoms with Crippen molar-refractivity contribution in [1.29, 1.82) is 0 Å². The first-order chi connectivity index (χ1) is 12.1. The number of pyridine rings is 1. The molecule has 1 saturated heterocycles. The van der Waals surface area contributed by atoms with Crippen molar-refractivity contribution in [2.75, 3.05) is 13.1 Å². The van der Waals surface area contributed by atoms with Crippen molar-refractivity contribution >= 4 is 5.91 Å². The minimum Gasteiger partial charge on any atom is -0.340 e. The van der Waals surface area contributed by atoms with Gasteiger partial charge in [-0.05, 0) is 30.4 Å². The molecule has 1 aromatic carbocycles. The molecule has 2 aromatic rings. The number of fused-ring (bicyclic) bond motifs is 4. The van der Waals surface area contributed by atoms with Gasteiger partial charge in [0.1, 0.15) is 0 Å². The van der Waals surface area contributed by atoms with E-state index in [0.717, 1.165) is 17.7 Å². The van der Waals surface area contributed by atoms with E-state index in [2.05, 4.69) is 0 Å². The molecule has 0 aliphatic carbocycles. The lowest BCUT2D eigenvalue weighted by Gasteiger charge is -2.43. The summed E-state index contributed by atoms with van der Waals surface area (Å²) < 4.78 is 1.88. The van der Waals surface area contributed by atoms with Gasteiger partial charge in [-0.25, -0.2) is 0 Å². The summed E-state index contributed by atoms with van der Waals surface area (Å²) in [6, 6.07) is 14.8. The maximum Gasteiger partial charge on any atom is 0.250 e. The third-order valence-electron chi connectivity index (χ3n) is 5.41. The van der Waals surface area contributed by atoms with Gasteiger partial charge in [0, 0.05) is 37.3 Å². The fraction of sp³-hybridized carbons (Fsp3) is 0.400. The van der Waals surface area contributed by atoms with Crippen LogP contribution in [0.2, 0.25) is 0 Å². The van der Waals surface area contributed by atoms with Crippen LogP contribution in [0.5, 0.6) is 0 Å². The van der Waals surface area contributed by atoms with E-state index in [4.69, 9.17) is 5.73 Å². The zero-order chi connectivity index (χ0) is 17.4. The number of likely N-dealkylation sites (tertiary alicyclic amines) is 1. The van der Waals surface area contributed by atoms with E-state index in [-0.39, 0.29) is 17.4 Å². The molecule has 0 radical (unpaired) electrons. The lowest BCUT2D eigenvalue weighted by molar-refractivity contribution is -0.135. The number of aromatic nitrogens is 1. The highest BCUT2D eigenvalue weighted by atomic mass is 16.2. The van der Waals surface area contributed by atoms with Crippen LogP contribution in [0.3, 0.4) is 0 Å². The largest absolute Gasteiger partial charge is 0.340 e. The highest BCUT2D eigenvalue weighted by molar-refractivity contribution is 5.82. The summed E-state index contributed by atoms with van der Waals surface area (Å²) in [6.07, 6.45) is 1.60. The zero-order valence-corrected chi connectivity index (χ0v) is 14.2. The Labute approximate surface area is 147 Å². The van der Waals surface area contributed by atoms with Gasteiger partial charge in [-0.15, -0.1) is 0 Å². The zero-order valence-electron chi connectivity index (χ0n) is 14.2. The molecule has 5 heteroatoms. The number of carbonyl (C=O) groups is 1. The van der Waals surface area contributed by atoms with Gasteiger partial charge in [-0.1, -0.05) is 36.4 Å². The number of piperidine rings is 1. The predicted octanol–water partition coefficient (Wildman–Crippen LogP) is 1.36. The van der Waals surface area contributed by atoms with Crippen molar-refractivity contribution < 1.29 is 4.79 Å². The average molecular weight is 337 g/mol. The van der Waals surface area contributed by atoms with Gasteiger partial charge >= 0.3 is 0 Å². The van der Waals surface area contributed by atoms with Crippen molar-refractivity contribution in [2.24, 2.45) is 11.7 Å². The van der Waals surface area contributed by atoms with Crippen LogP contribution in [-0.4, -0.2) is 34.5 Å². The maximum atomic E-state index is 12.8. The normalized spacial score (nSPS) is 23.0. The van der Waals surface area contributed by atoms with E-state index in [1.54, 1.807) is 6.07 Å². The molecular weight excluding hydrogens is 314 g/mol. The summed E-state index contributed by atoms with van der Waals surface area (Å²) in [5.41, 5.74) is 8.40. The molecule has 0 unspecified atom stereocenters. The Bertz CT molecular complexity index is 830.